The Balaban J connectivity index is 1.64. The highest BCUT2D eigenvalue weighted by Gasteiger charge is 2.32. The van der Waals surface area contributed by atoms with E-state index in [0.29, 0.717) is 0 Å². The predicted octanol–water partition coefficient (Wildman–Crippen LogP) is 3.85. The fourth-order valence-electron chi connectivity index (χ4n) is 3.60. The number of carbonyl (C=O) groups excluding carboxylic acids is 1. The van der Waals surface area contributed by atoms with Crippen LogP contribution in [0.1, 0.15) is 24.0 Å². The van der Waals surface area contributed by atoms with E-state index in [0.717, 1.165) is 52.9 Å². The maximum atomic E-state index is 13.0. The summed E-state index contributed by atoms with van der Waals surface area (Å²) in [6.07, 6.45) is 3.38. The van der Waals surface area contributed by atoms with Crippen molar-refractivity contribution in [2.24, 2.45) is 0 Å². The van der Waals surface area contributed by atoms with Crippen LogP contribution in [0.4, 0.5) is 11.5 Å². The molecule has 1 atom stereocenters. The standard InChI is InChI=1S/C21H22N4O/c1-14-9-10-15(2)18(12-14)24-21(26)19-8-5-11-25(19)20-16-6-3-4-7-17(16)22-13-23-20/h3-4,6-7,9-10,12-13,19H,5,8,11H2,1-2H3,(H,24,26)/t19-/m0/s1. The maximum Gasteiger partial charge on any atom is 0.247 e. The third kappa shape index (κ3) is 3.01. The van der Waals surface area contributed by atoms with Crippen molar-refractivity contribution < 1.29 is 4.79 Å². The van der Waals surface area contributed by atoms with Gasteiger partial charge in [-0.15, -0.1) is 0 Å². The van der Waals surface area contributed by atoms with Crippen molar-refractivity contribution in [3.8, 4) is 0 Å². The third-order valence-electron chi connectivity index (χ3n) is 5.00. The first-order valence-electron chi connectivity index (χ1n) is 8.98. The van der Waals surface area contributed by atoms with Crippen molar-refractivity contribution in [1.82, 2.24) is 9.97 Å². The number of aryl methyl sites for hydroxylation is 2. The molecule has 5 heteroatoms. The van der Waals surface area contributed by atoms with Gasteiger partial charge in [0.05, 0.1) is 5.52 Å². The van der Waals surface area contributed by atoms with E-state index < -0.39 is 0 Å². The molecule has 1 aliphatic heterocycles. The van der Waals surface area contributed by atoms with Crippen molar-refractivity contribution in [3.05, 3.63) is 59.9 Å². The number of fused-ring (bicyclic) bond motifs is 1. The Hall–Kier alpha value is -2.95. The van der Waals surface area contributed by atoms with Crippen LogP contribution < -0.4 is 10.2 Å². The zero-order valence-corrected chi connectivity index (χ0v) is 15.1. The Morgan fingerprint density at radius 2 is 2.00 bits per heavy atom. The molecule has 4 rings (SSSR count). The van der Waals surface area contributed by atoms with Gasteiger partial charge in [0.2, 0.25) is 5.91 Å². The lowest BCUT2D eigenvalue weighted by atomic mass is 10.1. The number of carbonyl (C=O) groups is 1. The zero-order valence-electron chi connectivity index (χ0n) is 15.1. The topological polar surface area (TPSA) is 58.1 Å². The SMILES string of the molecule is Cc1ccc(C)c(NC(=O)[C@@H]2CCCN2c2ncnc3ccccc23)c1. The predicted molar refractivity (Wildman–Crippen MR) is 104 cm³/mol. The molecule has 132 valence electrons. The Morgan fingerprint density at radius 3 is 2.88 bits per heavy atom. The van der Waals surface area contributed by atoms with E-state index in [4.69, 9.17) is 0 Å². The third-order valence-corrected chi connectivity index (χ3v) is 5.00. The lowest BCUT2D eigenvalue weighted by Crippen LogP contribution is -2.40. The number of anilines is 2. The van der Waals surface area contributed by atoms with Crippen molar-refractivity contribution >= 4 is 28.3 Å². The normalized spacial score (nSPS) is 16.8. The second kappa shape index (κ2) is 6.75. The maximum absolute atomic E-state index is 13.0. The Labute approximate surface area is 153 Å². The molecule has 0 saturated carbocycles. The second-order valence-corrected chi connectivity index (χ2v) is 6.87. The van der Waals surface area contributed by atoms with Crippen molar-refractivity contribution in [2.75, 3.05) is 16.8 Å². The summed E-state index contributed by atoms with van der Waals surface area (Å²) in [6.45, 7) is 4.87. The molecule has 1 saturated heterocycles. The number of benzene rings is 2. The first kappa shape index (κ1) is 16.5. The molecule has 1 aliphatic rings. The van der Waals surface area contributed by atoms with E-state index in [1.165, 1.54) is 0 Å². The summed E-state index contributed by atoms with van der Waals surface area (Å²) in [4.78, 5) is 23.9. The molecule has 0 unspecified atom stereocenters. The number of hydrogen-bond acceptors (Lipinski definition) is 4. The number of aromatic nitrogens is 2. The van der Waals surface area contributed by atoms with Gasteiger partial charge < -0.3 is 10.2 Å². The zero-order chi connectivity index (χ0) is 18.1. The van der Waals surface area contributed by atoms with Crippen LogP contribution >= 0.6 is 0 Å². The molecule has 26 heavy (non-hydrogen) atoms. The number of amides is 1. The molecule has 1 aromatic heterocycles. The van der Waals surface area contributed by atoms with Gasteiger partial charge in [0, 0.05) is 17.6 Å². The minimum absolute atomic E-state index is 0.0268. The van der Waals surface area contributed by atoms with Crippen LogP contribution in [0.15, 0.2) is 48.8 Å². The number of para-hydroxylation sites is 1. The van der Waals surface area contributed by atoms with E-state index in [-0.39, 0.29) is 11.9 Å². The van der Waals surface area contributed by atoms with E-state index in [9.17, 15) is 4.79 Å². The first-order valence-corrected chi connectivity index (χ1v) is 8.98. The molecule has 1 fully saturated rings. The summed E-state index contributed by atoms with van der Waals surface area (Å²) < 4.78 is 0. The molecular formula is C21H22N4O. The molecule has 0 bridgehead atoms. The van der Waals surface area contributed by atoms with Crippen LogP contribution in [0.5, 0.6) is 0 Å². The summed E-state index contributed by atoms with van der Waals surface area (Å²) in [7, 11) is 0. The Morgan fingerprint density at radius 1 is 1.15 bits per heavy atom. The van der Waals surface area contributed by atoms with Crippen molar-refractivity contribution in [2.45, 2.75) is 32.7 Å². The van der Waals surface area contributed by atoms with Gasteiger partial charge in [0.1, 0.15) is 18.2 Å². The molecule has 0 radical (unpaired) electrons. The average Bonchev–Trinajstić information content (AvgIpc) is 3.14. The van der Waals surface area contributed by atoms with Crippen LogP contribution in [-0.2, 0) is 4.79 Å². The highest BCUT2D eigenvalue weighted by atomic mass is 16.2. The van der Waals surface area contributed by atoms with Crippen LogP contribution in [-0.4, -0.2) is 28.5 Å². The molecule has 5 nitrogen and oxygen atoms in total. The average molecular weight is 346 g/mol. The smallest absolute Gasteiger partial charge is 0.247 e. The van der Waals surface area contributed by atoms with Crippen molar-refractivity contribution in [1.29, 1.82) is 0 Å². The molecule has 2 heterocycles. The number of hydrogen-bond donors (Lipinski definition) is 1. The molecule has 0 spiro atoms. The monoisotopic (exact) mass is 346 g/mol. The van der Waals surface area contributed by atoms with Gasteiger partial charge in [0.25, 0.3) is 0 Å². The lowest BCUT2D eigenvalue weighted by molar-refractivity contribution is -0.117. The van der Waals surface area contributed by atoms with Gasteiger partial charge >= 0.3 is 0 Å². The van der Waals surface area contributed by atoms with Gasteiger partial charge in [-0.25, -0.2) is 9.97 Å². The van der Waals surface area contributed by atoms with Gasteiger partial charge in [-0.3, -0.25) is 4.79 Å². The van der Waals surface area contributed by atoms with Crippen molar-refractivity contribution in [3.63, 3.8) is 0 Å². The minimum Gasteiger partial charge on any atom is -0.344 e. The minimum atomic E-state index is -0.215. The molecule has 2 aromatic carbocycles. The van der Waals surface area contributed by atoms with E-state index in [1.807, 2.05) is 50.2 Å². The highest BCUT2D eigenvalue weighted by Crippen LogP contribution is 2.30. The Kier molecular flexibility index (Phi) is 4.29. The number of rotatable bonds is 3. The van der Waals surface area contributed by atoms with Crippen LogP contribution in [0, 0.1) is 13.8 Å². The van der Waals surface area contributed by atoms with Gasteiger partial charge in [0.15, 0.2) is 0 Å². The fourth-order valence-corrected chi connectivity index (χ4v) is 3.60. The Bertz CT molecular complexity index is 964. The van der Waals surface area contributed by atoms with E-state index >= 15 is 0 Å². The largest absolute Gasteiger partial charge is 0.344 e. The van der Waals surface area contributed by atoms with Crippen LogP contribution in [0.25, 0.3) is 10.9 Å². The van der Waals surface area contributed by atoms with E-state index in [1.54, 1.807) is 6.33 Å². The number of nitrogens with zero attached hydrogens (tertiary/aromatic N) is 3. The van der Waals surface area contributed by atoms with Crippen LogP contribution in [0.3, 0.4) is 0 Å². The lowest BCUT2D eigenvalue weighted by Gasteiger charge is -2.26. The van der Waals surface area contributed by atoms with E-state index in [2.05, 4.69) is 26.3 Å². The summed E-state index contributed by atoms with van der Waals surface area (Å²) in [6, 6.07) is 13.8. The first-order chi connectivity index (χ1) is 12.6. The highest BCUT2D eigenvalue weighted by molar-refractivity contribution is 5.99. The van der Waals surface area contributed by atoms with Gasteiger partial charge in [-0.2, -0.15) is 0 Å². The second-order valence-electron chi connectivity index (χ2n) is 6.87. The molecule has 1 N–H and O–H groups in total. The molecule has 3 aromatic rings. The molecule has 0 aliphatic carbocycles. The summed E-state index contributed by atoms with van der Waals surface area (Å²) in [5.41, 5.74) is 3.99. The van der Waals surface area contributed by atoms with Crippen LogP contribution in [0.2, 0.25) is 0 Å². The molecule has 1 amide bonds. The molecular weight excluding hydrogens is 324 g/mol. The fraction of sp³-hybridized carbons (Fsp3) is 0.286. The van der Waals surface area contributed by atoms with Gasteiger partial charge in [-0.05, 0) is 56.0 Å². The number of nitrogens with one attached hydrogen (secondary N) is 1. The van der Waals surface area contributed by atoms with Gasteiger partial charge in [-0.1, -0.05) is 24.3 Å². The summed E-state index contributed by atoms with van der Waals surface area (Å²) >= 11 is 0. The summed E-state index contributed by atoms with van der Waals surface area (Å²) in [5, 5.41) is 4.10. The summed E-state index contributed by atoms with van der Waals surface area (Å²) in [5.74, 6) is 0.869. The quantitative estimate of drug-likeness (QED) is 0.782.